The minimum atomic E-state index is 0.733. The molecule has 0 aliphatic rings. The second kappa shape index (κ2) is 9.41. The Bertz CT molecular complexity index is 791. The molecule has 0 saturated heterocycles. The first kappa shape index (κ1) is 17.7. The average molecular weight is 351 g/mol. The molecular formula is C19H25N7. The number of guanidine groups is 1. The summed E-state index contributed by atoms with van der Waals surface area (Å²) in [6.07, 6.45) is 10.4. The predicted octanol–water partition coefficient (Wildman–Crippen LogP) is 1.88. The van der Waals surface area contributed by atoms with Crippen LogP contribution in [-0.4, -0.2) is 38.9 Å². The molecule has 0 bridgehead atoms. The summed E-state index contributed by atoms with van der Waals surface area (Å²) in [4.78, 5) is 8.36. The van der Waals surface area contributed by atoms with E-state index in [1.165, 1.54) is 11.1 Å². The van der Waals surface area contributed by atoms with Crippen molar-refractivity contribution < 1.29 is 0 Å². The number of aliphatic imine (C=N–C) groups is 1. The van der Waals surface area contributed by atoms with E-state index in [4.69, 9.17) is 0 Å². The van der Waals surface area contributed by atoms with E-state index in [0.717, 1.165) is 38.6 Å². The van der Waals surface area contributed by atoms with Crippen LogP contribution in [0.2, 0.25) is 0 Å². The lowest BCUT2D eigenvalue weighted by atomic mass is 10.1. The molecule has 0 radical (unpaired) electrons. The van der Waals surface area contributed by atoms with Gasteiger partial charge in [-0.1, -0.05) is 24.3 Å². The highest BCUT2D eigenvalue weighted by Gasteiger charge is 2.01. The number of nitrogens with zero attached hydrogens (tertiary/aromatic N) is 5. The minimum Gasteiger partial charge on any atom is -0.356 e. The Balaban J connectivity index is 1.43. The molecule has 2 N–H and O–H groups in total. The van der Waals surface area contributed by atoms with E-state index >= 15 is 0 Å². The topological polar surface area (TPSA) is 72.1 Å². The van der Waals surface area contributed by atoms with Crippen LogP contribution in [0.15, 0.2) is 66.4 Å². The van der Waals surface area contributed by atoms with Crippen molar-refractivity contribution in [2.24, 2.45) is 4.99 Å². The molecule has 0 fully saturated rings. The van der Waals surface area contributed by atoms with Gasteiger partial charge in [-0.2, -0.15) is 5.10 Å². The van der Waals surface area contributed by atoms with Crippen LogP contribution in [0.5, 0.6) is 0 Å². The third kappa shape index (κ3) is 5.47. The number of aromatic nitrogens is 4. The predicted molar refractivity (Wildman–Crippen MR) is 103 cm³/mol. The molecule has 0 aliphatic heterocycles. The first-order valence-electron chi connectivity index (χ1n) is 8.79. The average Bonchev–Trinajstić information content (AvgIpc) is 3.35. The molecule has 3 aromatic rings. The monoisotopic (exact) mass is 351 g/mol. The first-order chi connectivity index (χ1) is 12.8. The number of benzene rings is 1. The fourth-order valence-corrected chi connectivity index (χ4v) is 2.72. The lowest BCUT2D eigenvalue weighted by Crippen LogP contribution is -2.37. The van der Waals surface area contributed by atoms with E-state index in [2.05, 4.69) is 54.5 Å². The normalized spacial score (nSPS) is 11.5. The molecular weight excluding hydrogens is 326 g/mol. The van der Waals surface area contributed by atoms with E-state index in [1.54, 1.807) is 19.4 Å². The molecule has 0 saturated carbocycles. The summed E-state index contributed by atoms with van der Waals surface area (Å²) in [5.41, 5.74) is 2.48. The van der Waals surface area contributed by atoms with Gasteiger partial charge in [-0.05, 0) is 23.6 Å². The molecule has 2 heterocycles. The highest BCUT2D eigenvalue weighted by molar-refractivity contribution is 5.79. The fraction of sp³-hybridized carbons (Fsp3) is 0.316. The number of imidazole rings is 1. The van der Waals surface area contributed by atoms with Gasteiger partial charge in [0.05, 0.1) is 6.33 Å². The standard InChI is InChI=1S/C19H25N7/c1-20-19(22-7-3-10-26-11-4-8-24-26)23-14-17-5-2-6-18(13-17)15-25-12-9-21-16-25/h2,4-6,8-9,11-13,16H,3,7,10,14-15H2,1H3,(H2,20,22,23). The Hall–Kier alpha value is -3.09. The van der Waals surface area contributed by atoms with Gasteiger partial charge in [-0.3, -0.25) is 9.67 Å². The smallest absolute Gasteiger partial charge is 0.191 e. The van der Waals surface area contributed by atoms with Crippen molar-refractivity contribution in [3.05, 3.63) is 72.6 Å². The molecule has 0 unspecified atom stereocenters. The molecule has 0 amide bonds. The molecule has 3 rings (SSSR count). The lowest BCUT2D eigenvalue weighted by molar-refractivity contribution is 0.570. The van der Waals surface area contributed by atoms with Crippen LogP contribution in [0.25, 0.3) is 0 Å². The van der Waals surface area contributed by atoms with Crippen LogP contribution >= 0.6 is 0 Å². The third-order valence-corrected chi connectivity index (χ3v) is 4.01. The van der Waals surface area contributed by atoms with Crippen LogP contribution in [-0.2, 0) is 19.6 Å². The highest BCUT2D eigenvalue weighted by Crippen LogP contribution is 2.07. The highest BCUT2D eigenvalue weighted by atomic mass is 15.3. The maximum atomic E-state index is 4.28. The van der Waals surface area contributed by atoms with Crippen molar-refractivity contribution >= 4 is 5.96 Å². The van der Waals surface area contributed by atoms with Gasteiger partial charge in [-0.15, -0.1) is 0 Å². The number of hydrogen-bond donors (Lipinski definition) is 2. The fourth-order valence-electron chi connectivity index (χ4n) is 2.72. The second-order valence-corrected chi connectivity index (χ2v) is 6.03. The molecule has 26 heavy (non-hydrogen) atoms. The Morgan fingerprint density at radius 3 is 2.81 bits per heavy atom. The Morgan fingerprint density at radius 2 is 2.04 bits per heavy atom. The Morgan fingerprint density at radius 1 is 1.12 bits per heavy atom. The molecule has 7 heteroatoms. The zero-order valence-corrected chi connectivity index (χ0v) is 15.0. The zero-order valence-electron chi connectivity index (χ0n) is 15.0. The van der Waals surface area contributed by atoms with Gasteiger partial charge in [0.2, 0.25) is 0 Å². The van der Waals surface area contributed by atoms with Crippen molar-refractivity contribution in [3.63, 3.8) is 0 Å². The molecule has 7 nitrogen and oxygen atoms in total. The van der Waals surface area contributed by atoms with Crippen LogP contribution in [0.1, 0.15) is 17.5 Å². The lowest BCUT2D eigenvalue weighted by Gasteiger charge is -2.13. The van der Waals surface area contributed by atoms with Gasteiger partial charge in [-0.25, -0.2) is 4.98 Å². The van der Waals surface area contributed by atoms with Gasteiger partial charge in [0.25, 0.3) is 0 Å². The van der Waals surface area contributed by atoms with Crippen molar-refractivity contribution in [3.8, 4) is 0 Å². The maximum Gasteiger partial charge on any atom is 0.191 e. The Kier molecular flexibility index (Phi) is 6.41. The van der Waals surface area contributed by atoms with Gasteiger partial charge in [0, 0.05) is 58.0 Å². The van der Waals surface area contributed by atoms with Gasteiger partial charge < -0.3 is 15.2 Å². The van der Waals surface area contributed by atoms with E-state index in [9.17, 15) is 0 Å². The van der Waals surface area contributed by atoms with Crippen molar-refractivity contribution in [2.45, 2.75) is 26.1 Å². The quantitative estimate of drug-likeness (QED) is 0.369. The van der Waals surface area contributed by atoms with Gasteiger partial charge >= 0.3 is 0 Å². The third-order valence-electron chi connectivity index (χ3n) is 4.01. The number of hydrogen-bond acceptors (Lipinski definition) is 3. The minimum absolute atomic E-state index is 0.733. The van der Waals surface area contributed by atoms with Crippen LogP contribution < -0.4 is 10.6 Å². The molecule has 1 aromatic carbocycles. The van der Waals surface area contributed by atoms with E-state index in [-0.39, 0.29) is 0 Å². The molecule has 0 spiro atoms. The van der Waals surface area contributed by atoms with E-state index in [1.807, 2.05) is 29.5 Å². The van der Waals surface area contributed by atoms with Crippen molar-refractivity contribution in [1.29, 1.82) is 0 Å². The van der Waals surface area contributed by atoms with Crippen molar-refractivity contribution in [2.75, 3.05) is 13.6 Å². The van der Waals surface area contributed by atoms with E-state index < -0.39 is 0 Å². The summed E-state index contributed by atoms with van der Waals surface area (Å²) < 4.78 is 4.00. The second-order valence-electron chi connectivity index (χ2n) is 6.03. The number of aryl methyl sites for hydroxylation is 1. The number of rotatable bonds is 8. The summed E-state index contributed by atoms with van der Waals surface area (Å²) in [5, 5.41) is 10.9. The summed E-state index contributed by atoms with van der Waals surface area (Å²) >= 11 is 0. The molecule has 2 aromatic heterocycles. The molecule has 0 aliphatic carbocycles. The van der Waals surface area contributed by atoms with Crippen LogP contribution in [0.4, 0.5) is 0 Å². The summed E-state index contributed by atoms with van der Waals surface area (Å²) in [7, 11) is 1.79. The van der Waals surface area contributed by atoms with Crippen molar-refractivity contribution in [1.82, 2.24) is 30.0 Å². The van der Waals surface area contributed by atoms with Crippen LogP contribution in [0.3, 0.4) is 0 Å². The van der Waals surface area contributed by atoms with Gasteiger partial charge in [0.1, 0.15) is 0 Å². The molecule has 0 atom stereocenters. The van der Waals surface area contributed by atoms with Gasteiger partial charge in [0.15, 0.2) is 5.96 Å². The Labute approximate surface area is 153 Å². The zero-order chi connectivity index (χ0) is 18.0. The maximum absolute atomic E-state index is 4.28. The largest absolute Gasteiger partial charge is 0.356 e. The SMILES string of the molecule is CN=C(NCCCn1cccn1)NCc1cccc(Cn2ccnc2)c1. The summed E-state index contributed by atoms with van der Waals surface area (Å²) in [5.74, 6) is 0.811. The first-order valence-corrected chi connectivity index (χ1v) is 8.79. The van der Waals surface area contributed by atoms with Crippen LogP contribution in [0, 0.1) is 0 Å². The summed E-state index contributed by atoms with van der Waals surface area (Å²) in [6, 6.07) is 10.5. The number of nitrogens with one attached hydrogen (secondary N) is 2. The molecule has 136 valence electrons. The summed E-state index contributed by atoms with van der Waals surface area (Å²) in [6.45, 7) is 3.30. The van der Waals surface area contributed by atoms with E-state index in [0.29, 0.717) is 0 Å².